The van der Waals surface area contributed by atoms with E-state index in [2.05, 4.69) is 16.0 Å². The van der Waals surface area contributed by atoms with Gasteiger partial charge in [0.05, 0.1) is 11.6 Å². The predicted octanol–water partition coefficient (Wildman–Crippen LogP) is 4.02. The second kappa shape index (κ2) is 9.17. The highest BCUT2D eigenvalue weighted by atomic mass is 16.2. The molecule has 0 saturated heterocycles. The lowest BCUT2D eigenvalue weighted by Crippen LogP contribution is -2.15. The molecule has 0 aliphatic carbocycles. The summed E-state index contributed by atoms with van der Waals surface area (Å²) in [7, 11) is 0. The molecule has 0 saturated carbocycles. The van der Waals surface area contributed by atoms with E-state index in [0.717, 1.165) is 0 Å². The smallest absolute Gasteiger partial charge is 0.255 e. The number of hydrogen-bond donors (Lipinski definition) is 3. The van der Waals surface area contributed by atoms with Gasteiger partial charge in [-0.25, -0.2) is 0 Å². The summed E-state index contributed by atoms with van der Waals surface area (Å²) < 4.78 is 0. The van der Waals surface area contributed by atoms with Gasteiger partial charge < -0.3 is 16.0 Å². The van der Waals surface area contributed by atoms with Crippen LogP contribution in [0.1, 0.15) is 33.2 Å². The van der Waals surface area contributed by atoms with Crippen molar-refractivity contribution in [3.63, 3.8) is 0 Å². The van der Waals surface area contributed by atoms with Crippen molar-refractivity contribution in [3.05, 3.63) is 89.5 Å². The van der Waals surface area contributed by atoms with Gasteiger partial charge in [0.1, 0.15) is 0 Å². The van der Waals surface area contributed by atoms with E-state index in [1.54, 1.807) is 66.7 Å². The molecule has 0 unspecified atom stereocenters. The monoisotopic (exact) mass is 398 g/mol. The molecular formula is C23H18N4O3. The zero-order valence-corrected chi connectivity index (χ0v) is 16.1. The van der Waals surface area contributed by atoms with Crippen LogP contribution < -0.4 is 16.0 Å². The number of hydrogen-bond acceptors (Lipinski definition) is 4. The summed E-state index contributed by atoms with van der Waals surface area (Å²) in [5.41, 5.74) is 2.74. The van der Waals surface area contributed by atoms with Crippen LogP contribution in [0.4, 0.5) is 17.1 Å². The zero-order valence-electron chi connectivity index (χ0n) is 16.1. The topological polar surface area (TPSA) is 111 Å². The minimum atomic E-state index is -0.389. The second-order valence-corrected chi connectivity index (χ2v) is 6.44. The largest absolute Gasteiger partial charge is 0.326 e. The molecule has 0 spiro atoms. The molecule has 148 valence electrons. The van der Waals surface area contributed by atoms with Crippen LogP contribution in [-0.4, -0.2) is 17.7 Å². The fourth-order valence-corrected chi connectivity index (χ4v) is 2.71. The first-order valence-electron chi connectivity index (χ1n) is 9.05. The number of nitrogens with zero attached hydrogens (tertiary/aromatic N) is 1. The van der Waals surface area contributed by atoms with Gasteiger partial charge in [-0.05, 0) is 60.7 Å². The molecule has 0 heterocycles. The van der Waals surface area contributed by atoms with Crippen molar-refractivity contribution in [3.8, 4) is 6.07 Å². The van der Waals surface area contributed by atoms with Crippen LogP contribution in [0.25, 0.3) is 0 Å². The molecule has 3 amide bonds. The highest BCUT2D eigenvalue weighted by Gasteiger charge is 2.11. The lowest BCUT2D eigenvalue weighted by molar-refractivity contribution is -0.114. The van der Waals surface area contributed by atoms with Gasteiger partial charge in [-0.2, -0.15) is 5.26 Å². The molecule has 3 aromatic rings. The van der Waals surface area contributed by atoms with Crippen LogP contribution in [0, 0.1) is 11.3 Å². The van der Waals surface area contributed by atoms with Crippen LogP contribution in [0.5, 0.6) is 0 Å². The Kier molecular flexibility index (Phi) is 6.20. The first-order chi connectivity index (χ1) is 14.4. The number of carbonyl (C=O) groups is 3. The van der Waals surface area contributed by atoms with Crippen molar-refractivity contribution < 1.29 is 14.4 Å². The number of nitriles is 1. The van der Waals surface area contributed by atoms with Crippen molar-refractivity contribution in [2.75, 3.05) is 16.0 Å². The number of nitrogens with one attached hydrogen (secondary N) is 3. The molecule has 3 rings (SSSR count). The number of benzene rings is 3. The van der Waals surface area contributed by atoms with Gasteiger partial charge in [0.15, 0.2) is 0 Å². The summed E-state index contributed by atoms with van der Waals surface area (Å²) in [5.74, 6) is -0.941. The lowest BCUT2D eigenvalue weighted by atomic mass is 10.1. The molecule has 0 bridgehead atoms. The molecule has 0 aliphatic rings. The van der Waals surface area contributed by atoms with E-state index in [1.807, 2.05) is 6.07 Å². The standard InChI is InChI=1S/C23H18N4O3/c1-15(28)25-19-8-10-20(11-9-19)26-22(29)17-5-3-6-18(13-17)23(30)27-21-7-2-4-16(12-21)14-24/h2-13H,1H3,(H,25,28)(H,26,29)(H,27,30). The quantitative estimate of drug-likeness (QED) is 0.603. The van der Waals surface area contributed by atoms with Gasteiger partial charge in [0.25, 0.3) is 11.8 Å². The fraction of sp³-hybridized carbons (Fsp3) is 0.0435. The zero-order chi connectivity index (χ0) is 21.5. The van der Waals surface area contributed by atoms with Gasteiger partial charge >= 0.3 is 0 Å². The Bertz CT molecular complexity index is 1150. The Hall–Kier alpha value is -4.44. The second-order valence-electron chi connectivity index (χ2n) is 6.44. The molecule has 0 fully saturated rings. The Labute approximate surface area is 173 Å². The van der Waals surface area contributed by atoms with Crippen LogP contribution in [0.15, 0.2) is 72.8 Å². The lowest BCUT2D eigenvalue weighted by Gasteiger charge is -2.09. The fourth-order valence-electron chi connectivity index (χ4n) is 2.71. The normalized spacial score (nSPS) is 9.87. The van der Waals surface area contributed by atoms with Crippen molar-refractivity contribution in [1.29, 1.82) is 5.26 Å². The summed E-state index contributed by atoms with van der Waals surface area (Å²) in [6.45, 7) is 1.42. The van der Waals surface area contributed by atoms with Crippen LogP contribution >= 0.6 is 0 Å². The minimum absolute atomic E-state index is 0.179. The van der Waals surface area contributed by atoms with E-state index in [0.29, 0.717) is 33.8 Å². The average Bonchev–Trinajstić information content (AvgIpc) is 2.75. The van der Waals surface area contributed by atoms with Gasteiger partial charge in [-0.3, -0.25) is 14.4 Å². The predicted molar refractivity (Wildman–Crippen MR) is 114 cm³/mol. The summed E-state index contributed by atoms with van der Waals surface area (Å²) in [5, 5.41) is 17.1. The van der Waals surface area contributed by atoms with Crippen molar-refractivity contribution >= 4 is 34.8 Å². The Balaban J connectivity index is 1.69. The molecule has 7 nitrogen and oxygen atoms in total. The van der Waals surface area contributed by atoms with E-state index < -0.39 is 0 Å². The van der Waals surface area contributed by atoms with Gasteiger partial charge in [-0.15, -0.1) is 0 Å². The first kappa shape index (κ1) is 20.3. The third kappa shape index (κ3) is 5.30. The molecule has 3 N–H and O–H groups in total. The molecule has 7 heteroatoms. The van der Waals surface area contributed by atoms with Crippen LogP contribution in [0.3, 0.4) is 0 Å². The molecule has 0 aliphatic heterocycles. The van der Waals surface area contributed by atoms with Crippen molar-refractivity contribution in [2.45, 2.75) is 6.92 Å². The molecular weight excluding hydrogens is 380 g/mol. The first-order valence-corrected chi connectivity index (χ1v) is 9.05. The van der Waals surface area contributed by atoms with Crippen LogP contribution in [-0.2, 0) is 4.79 Å². The summed E-state index contributed by atoms with van der Waals surface area (Å²) in [6.07, 6.45) is 0. The van der Waals surface area contributed by atoms with E-state index in [9.17, 15) is 14.4 Å². The van der Waals surface area contributed by atoms with E-state index in [-0.39, 0.29) is 17.7 Å². The van der Waals surface area contributed by atoms with Crippen LogP contribution in [0.2, 0.25) is 0 Å². The maximum absolute atomic E-state index is 12.5. The van der Waals surface area contributed by atoms with Crippen molar-refractivity contribution in [1.82, 2.24) is 0 Å². The summed E-state index contributed by atoms with van der Waals surface area (Å²) >= 11 is 0. The van der Waals surface area contributed by atoms with Crippen molar-refractivity contribution in [2.24, 2.45) is 0 Å². The maximum atomic E-state index is 12.5. The summed E-state index contributed by atoms with van der Waals surface area (Å²) in [4.78, 5) is 36.1. The maximum Gasteiger partial charge on any atom is 0.255 e. The van der Waals surface area contributed by atoms with E-state index >= 15 is 0 Å². The number of amides is 3. The number of rotatable bonds is 5. The molecule has 3 aromatic carbocycles. The third-order valence-electron chi connectivity index (χ3n) is 4.10. The van der Waals surface area contributed by atoms with Gasteiger partial charge in [0.2, 0.25) is 5.91 Å². The molecule has 0 atom stereocenters. The molecule has 0 aromatic heterocycles. The third-order valence-corrected chi connectivity index (χ3v) is 4.10. The summed E-state index contributed by atoms with van der Waals surface area (Å²) in [6, 6.07) is 21.6. The van der Waals surface area contributed by atoms with E-state index in [1.165, 1.54) is 13.0 Å². The number of carbonyl (C=O) groups excluding carboxylic acids is 3. The van der Waals surface area contributed by atoms with Gasteiger partial charge in [-0.1, -0.05) is 12.1 Å². The Morgan fingerprint density at radius 2 is 1.23 bits per heavy atom. The Morgan fingerprint density at radius 3 is 1.80 bits per heavy atom. The van der Waals surface area contributed by atoms with Gasteiger partial charge in [0, 0.05) is 35.1 Å². The highest BCUT2D eigenvalue weighted by molar-refractivity contribution is 6.08. The Morgan fingerprint density at radius 1 is 0.700 bits per heavy atom. The van der Waals surface area contributed by atoms with E-state index in [4.69, 9.17) is 5.26 Å². The molecule has 30 heavy (non-hydrogen) atoms. The number of anilines is 3. The minimum Gasteiger partial charge on any atom is -0.326 e. The SMILES string of the molecule is CC(=O)Nc1ccc(NC(=O)c2cccc(C(=O)Nc3cccc(C#N)c3)c2)cc1. The average molecular weight is 398 g/mol. The molecule has 0 radical (unpaired) electrons. The highest BCUT2D eigenvalue weighted by Crippen LogP contribution is 2.16.